The van der Waals surface area contributed by atoms with Crippen molar-refractivity contribution in [2.24, 2.45) is 0 Å². The second-order valence-electron chi connectivity index (χ2n) is 7.04. The normalized spacial score (nSPS) is 18.1. The van der Waals surface area contributed by atoms with E-state index in [0.717, 1.165) is 37.9 Å². The number of benzene rings is 1. The van der Waals surface area contributed by atoms with Gasteiger partial charge in [-0.3, -0.25) is 4.79 Å². The predicted octanol–water partition coefficient (Wildman–Crippen LogP) is 2.93. The Kier molecular flexibility index (Phi) is 6.97. The second kappa shape index (κ2) is 9.64. The van der Waals surface area contributed by atoms with E-state index in [1.807, 2.05) is 30.3 Å². The molecule has 2 aromatic rings. The van der Waals surface area contributed by atoms with Gasteiger partial charge in [0.25, 0.3) is 5.56 Å². The standard InChI is InChI=1S/C21H29N3O2/c25-17-12-19-10-4-5-14-23(19)15-6-7-16-24-21(26)20(11-13-22-24)18-8-2-1-3-9-18/h1-3,8-9,11,13,19,25H,4-7,10,12,14-17H2/t19-/m0/s1. The van der Waals surface area contributed by atoms with Crippen LogP contribution >= 0.6 is 0 Å². The Bertz CT molecular complexity index is 728. The molecule has 0 spiro atoms. The van der Waals surface area contributed by atoms with Gasteiger partial charge in [0.15, 0.2) is 0 Å². The molecular formula is C21H29N3O2. The van der Waals surface area contributed by atoms with Crippen molar-refractivity contribution in [1.29, 1.82) is 0 Å². The molecule has 5 heteroatoms. The fraction of sp³-hybridized carbons (Fsp3) is 0.524. The number of aromatic nitrogens is 2. The van der Waals surface area contributed by atoms with Crippen LogP contribution in [-0.2, 0) is 6.54 Å². The van der Waals surface area contributed by atoms with E-state index >= 15 is 0 Å². The topological polar surface area (TPSA) is 58.4 Å². The summed E-state index contributed by atoms with van der Waals surface area (Å²) in [7, 11) is 0. The van der Waals surface area contributed by atoms with Gasteiger partial charge in [0.2, 0.25) is 0 Å². The van der Waals surface area contributed by atoms with Crippen LogP contribution in [0.2, 0.25) is 0 Å². The van der Waals surface area contributed by atoms with Crippen LogP contribution in [0.1, 0.15) is 38.5 Å². The first-order valence-corrected chi connectivity index (χ1v) is 9.76. The van der Waals surface area contributed by atoms with Crippen LogP contribution in [0.15, 0.2) is 47.4 Å². The van der Waals surface area contributed by atoms with E-state index in [0.29, 0.717) is 18.2 Å². The summed E-state index contributed by atoms with van der Waals surface area (Å²) in [6, 6.07) is 12.1. The lowest BCUT2D eigenvalue weighted by Crippen LogP contribution is -2.40. The Balaban J connectivity index is 1.55. The first-order valence-electron chi connectivity index (χ1n) is 9.76. The fourth-order valence-corrected chi connectivity index (χ4v) is 3.85. The maximum absolute atomic E-state index is 12.7. The van der Waals surface area contributed by atoms with Crippen molar-refractivity contribution in [3.8, 4) is 11.1 Å². The second-order valence-corrected chi connectivity index (χ2v) is 7.04. The minimum absolute atomic E-state index is 0.0187. The van der Waals surface area contributed by atoms with Crippen LogP contribution in [0.3, 0.4) is 0 Å². The molecule has 1 saturated heterocycles. The highest BCUT2D eigenvalue weighted by atomic mass is 16.3. The van der Waals surface area contributed by atoms with Crippen LogP contribution in [0, 0.1) is 0 Å². The Morgan fingerprint density at radius 3 is 2.69 bits per heavy atom. The molecule has 1 aliphatic rings. The van der Waals surface area contributed by atoms with Crippen LogP contribution < -0.4 is 5.56 Å². The van der Waals surface area contributed by atoms with E-state index in [1.165, 1.54) is 19.3 Å². The molecule has 1 aliphatic heterocycles. The summed E-state index contributed by atoms with van der Waals surface area (Å²) in [6.07, 6.45) is 8.29. The summed E-state index contributed by atoms with van der Waals surface area (Å²) in [5.41, 5.74) is 1.63. The lowest BCUT2D eigenvalue weighted by molar-refractivity contribution is 0.117. The number of aliphatic hydroxyl groups is 1. The Hall–Kier alpha value is -1.98. The van der Waals surface area contributed by atoms with E-state index in [1.54, 1.807) is 16.9 Å². The summed E-state index contributed by atoms with van der Waals surface area (Å²) in [5, 5.41) is 13.5. The average molecular weight is 355 g/mol. The molecule has 1 aromatic heterocycles. The van der Waals surface area contributed by atoms with Crippen molar-refractivity contribution in [1.82, 2.24) is 14.7 Å². The molecule has 2 heterocycles. The number of aryl methyl sites for hydroxylation is 1. The molecule has 26 heavy (non-hydrogen) atoms. The molecule has 0 amide bonds. The molecule has 1 aromatic carbocycles. The lowest BCUT2D eigenvalue weighted by atomic mass is 9.99. The minimum atomic E-state index is -0.0187. The third-order valence-corrected chi connectivity index (χ3v) is 5.27. The maximum atomic E-state index is 12.7. The van der Waals surface area contributed by atoms with Gasteiger partial charge in [0.05, 0.1) is 5.56 Å². The van der Waals surface area contributed by atoms with Gasteiger partial charge < -0.3 is 10.0 Å². The summed E-state index contributed by atoms with van der Waals surface area (Å²) >= 11 is 0. The molecule has 0 radical (unpaired) electrons. The lowest BCUT2D eigenvalue weighted by Gasteiger charge is -2.35. The van der Waals surface area contributed by atoms with Gasteiger partial charge in [-0.15, -0.1) is 0 Å². The van der Waals surface area contributed by atoms with Crippen molar-refractivity contribution in [2.45, 2.75) is 51.1 Å². The van der Waals surface area contributed by atoms with Crippen molar-refractivity contribution in [3.05, 3.63) is 52.9 Å². The summed E-state index contributed by atoms with van der Waals surface area (Å²) in [5.74, 6) is 0. The third-order valence-electron chi connectivity index (χ3n) is 5.27. The number of unbranched alkanes of at least 4 members (excludes halogenated alkanes) is 1. The van der Waals surface area contributed by atoms with Gasteiger partial charge in [-0.05, 0) is 56.8 Å². The first kappa shape index (κ1) is 18.8. The van der Waals surface area contributed by atoms with Crippen LogP contribution in [-0.4, -0.2) is 45.5 Å². The molecule has 0 unspecified atom stereocenters. The zero-order chi connectivity index (χ0) is 18.2. The van der Waals surface area contributed by atoms with Crippen LogP contribution in [0.5, 0.6) is 0 Å². The number of likely N-dealkylation sites (tertiary alicyclic amines) is 1. The molecular weight excluding hydrogens is 326 g/mol. The van der Waals surface area contributed by atoms with Crippen LogP contribution in [0.4, 0.5) is 0 Å². The van der Waals surface area contributed by atoms with Crippen molar-refractivity contribution in [2.75, 3.05) is 19.7 Å². The highest BCUT2D eigenvalue weighted by molar-refractivity contribution is 5.61. The molecule has 0 bridgehead atoms. The van der Waals surface area contributed by atoms with Crippen LogP contribution in [0.25, 0.3) is 11.1 Å². The smallest absolute Gasteiger partial charge is 0.274 e. The Labute approximate surface area is 155 Å². The highest BCUT2D eigenvalue weighted by Gasteiger charge is 2.21. The van der Waals surface area contributed by atoms with E-state index in [4.69, 9.17) is 0 Å². The average Bonchev–Trinajstić information content (AvgIpc) is 2.68. The monoisotopic (exact) mass is 355 g/mol. The number of hydrogen-bond acceptors (Lipinski definition) is 4. The fourth-order valence-electron chi connectivity index (χ4n) is 3.85. The van der Waals surface area contributed by atoms with Gasteiger partial charge in [-0.1, -0.05) is 36.8 Å². The quantitative estimate of drug-likeness (QED) is 0.740. The molecule has 140 valence electrons. The number of hydrogen-bond donors (Lipinski definition) is 1. The summed E-state index contributed by atoms with van der Waals surface area (Å²) < 4.78 is 1.59. The molecule has 1 N–H and O–H groups in total. The number of piperidine rings is 1. The van der Waals surface area contributed by atoms with E-state index < -0.39 is 0 Å². The van der Waals surface area contributed by atoms with Crippen molar-refractivity contribution in [3.63, 3.8) is 0 Å². The van der Waals surface area contributed by atoms with Gasteiger partial charge in [-0.2, -0.15) is 5.10 Å². The number of aliphatic hydroxyl groups excluding tert-OH is 1. The SMILES string of the molecule is O=c1c(-c2ccccc2)ccnn1CCCCN1CCCC[C@H]1CCO. The molecule has 1 fully saturated rings. The van der Waals surface area contributed by atoms with Gasteiger partial charge in [-0.25, -0.2) is 4.68 Å². The number of rotatable bonds is 8. The first-order chi connectivity index (χ1) is 12.8. The highest BCUT2D eigenvalue weighted by Crippen LogP contribution is 2.20. The Morgan fingerprint density at radius 1 is 1.08 bits per heavy atom. The number of nitrogens with zero attached hydrogens (tertiary/aromatic N) is 3. The zero-order valence-electron chi connectivity index (χ0n) is 15.4. The van der Waals surface area contributed by atoms with Gasteiger partial charge in [0, 0.05) is 25.4 Å². The van der Waals surface area contributed by atoms with Gasteiger partial charge in [0.1, 0.15) is 0 Å². The zero-order valence-corrected chi connectivity index (χ0v) is 15.4. The molecule has 0 saturated carbocycles. The van der Waals surface area contributed by atoms with Gasteiger partial charge >= 0.3 is 0 Å². The van der Waals surface area contributed by atoms with Crippen molar-refractivity contribution >= 4 is 0 Å². The molecule has 5 nitrogen and oxygen atoms in total. The Morgan fingerprint density at radius 2 is 1.88 bits per heavy atom. The van der Waals surface area contributed by atoms with E-state index in [9.17, 15) is 9.90 Å². The van der Waals surface area contributed by atoms with E-state index in [-0.39, 0.29) is 12.2 Å². The minimum Gasteiger partial charge on any atom is -0.396 e. The summed E-state index contributed by atoms with van der Waals surface area (Å²) in [4.78, 5) is 15.2. The summed E-state index contributed by atoms with van der Waals surface area (Å²) in [6.45, 7) is 3.09. The maximum Gasteiger partial charge on any atom is 0.274 e. The molecule has 0 aliphatic carbocycles. The van der Waals surface area contributed by atoms with Crippen molar-refractivity contribution < 1.29 is 5.11 Å². The van der Waals surface area contributed by atoms with E-state index in [2.05, 4.69) is 10.00 Å². The largest absolute Gasteiger partial charge is 0.396 e. The molecule has 1 atom stereocenters. The molecule has 3 rings (SSSR count). The predicted molar refractivity (Wildman–Crippen MR) is 104 cm³/mol. The third kappa shape index (κ3) is 4.80.